The Kier molecular flexibility index (Phi) is 5.30. The number of aryl methyl sites for hydroxylation is 1. The lowest BCUT2D eigenvalue weighted by molar-refractivity contribution is -0.146. The van der Waals surface area contributed by atoms with Crippen LogP contribution in [0, 0.1) is 6.92 Å². The minimum atomic E-state index is -3.77. The molecular formula is C11H14ClNO5S. The molecule has 8 heteroatoms. The molecule has 106 valence electrons. The Labute approximate surface area is 116 Å². The zero-order valence-corrected chi connectivity index (χ0v) is 11.7. The van der Waals surface area contributed by atoms with Crippen LogP contribution in [0.4, 0.5) is 0 Å². The summed E-state index contributed by atoms with van der Waals surface area (Å²) in [6.07, 6.45) is -1.81. The molecule has 0 fully saturated rings. The number of halogens is 1. The van der Waals surface area contributed by atoms with Crippen molar-refractivity contribution >= 4 is 27.6 Å². The smallest absolute Gasteiger partial charge is 0.332 e. The zero-order chi connectivity index (χ0) is 14.6. The van der Waals surface area contributed by atoms with Crippen LogP contribution in [0.3, 0.4) is 0 Å². The van der Waals surface area contributed by atoms with Gasteiger partial charge in [-0.3, -0.25) is 0 Å². The van der Waals surface area contributed by atoms with E-state index in [9.17, 15) is 13.2 Å². The Morgan fingerprint density at radius 3 is 2.68 bits per heavy atom. The number of benzene rings is 1. The SMILES string of the molecule is Cc1ccc(Cl)cc1S(=O)(=O)NCCC(O)C(=O)O. The van der Waals surface area contributed by atoms with Gasteiger partial charge in [0.25, 0.3) is 0 Å². The van der Waals surface area contributed by atoms with E-state index in [-0.39, 0.29) is 22.9 Å². The second-order valence-electron chi connectivity index (χ2n) is 3.95. The minimum absolute atomic E-state index is 0.0322. The number of aliphatic carboxylic acids is 1. The van der Waals surface area contributed by atoms with Crippen LogP contribution in [0.2, 0.25) is 5.02 Å². The van der Waals surface area contributed by atoms with Crippen LogP contribution in [0.25, 0.3) is 0 Å². The number of hydrogen-bond acceptors (Lipinski definition) is 4. The van der Waals surface area contributed by atoms with Crippen molar-refractivity contribution in [2.75, 3.05) is 6.54 Å². The van der Waals surface area contributed by atoms with Gasteiger partial charge in [-0.15, -0.1) is 0 Å². The van der Waals surface area contributed by atoms with Crippen molar-refractivity contribution in [3.8, 4) is 0 Å². The highest BCUT2D eigenvalue weighted by Crippen LogP contribution is 2.19. The van der Waals surface area contributed by atoms with Crippen molar-refractivity contribution in [1.29, 1.82) is 0 Å². The molecule has 6 nitrogen and oxygen atoms in total. The van der Waals surface area contributed by atoms with Gasteiger partial charge in [0.1, 0.15) is 0 Å². The fourth-order valence-electron chi connectivity index (χ4n) is 1.39. The molecule has 0 heterocycles. The molecule has 0 saturated heterocycles. The lowest BCUT2D eigenvalue weighted by atomic mass is 10.2. The Hall–Kier alpha value is -1.15. The molecule has 1 atom stereocenters. The van der Waals surface area contributed by atoms with Gasteiger partial charge in [0.05, 0.1) is 4.90 Å². The fraction of sp³-hybridized carbons (Fsp3) is 0.364. The first-order valence-electron chi connectivity index (χ1n) is 5.41. The average Bonchev–Trinajstić information content (AvgIpc) is 2.31. The Balaban J connectivity index is 2.76. The van der Waals surface area contributed by atoms with Crippen LogP contribution in [-0.2, 0) is 14.8 Å². The standard InChI is InChI=1S/C11H14ClNO5S/c1-7-2-3-8(12)6-10(7)19(17,18)13-5-4-9(14)11(15)16/h2-3,6,9,13-14H,4-5H2,1H3,(H,15,16). The number of aliphatic hydroxyl groups excluding tert-OH is 1. The summed E-state index contributed by atoms with van der Waals surface area (Å²) in [4.78, 5) is 10.4. The van der Waals surface area contributed by atoms with E-state index in [1.807, 2.05) is 0 Å². The van der Waals surface area contributed by atoms with E-state index >= 15 is 0 Å². The van der Waals surface area contributed by atoms with Gasteiger partial charge < -0.3 is 10.2 Å². The highest BCUT2D eigenvalue weighted by Gasteiger charge is 2.19. The predicted octanol–water partition coefficient (Wildman–Crippen LogP) is 0.762. The Morgan fingerprint density at radius 1 is 1.47 bits per heavy atom. The number of aliphatic hydroxyl groups is 1. The molecule has 0 aliphatic rings. The van der Waals surface area contributed by atoms with E-state index in [0.29, 0.717) is 5.56 Å². The molecule has 0 spiro atoms. The van der Waals surface area contributed by atoms with Gasteiger partial charge in [0, 0.05) is 11.6 Å². The van der Waals surface area contributed by atoms with Crippen molar-refractivity contribution in [1.82, 2.24) is 4.72 Å². The minimum Gasteiger partial charge on any atom is -0.479 e. The number of hydrogen-bond donors (Lipinski definition) is 3. The molecule has 0 saturated carbocycles. The molecule has 1 aromatic carbocycles. The van der Waals surface area contributed by atoms with E-state index in [4.69, 9.17) is 21.8 Å². The van der Waals surface area contributed by atoms with Gasteiger partial charge in [0.2, 0.25) is 10.0 Å². The van der Waals surface area contributed by atoms with Crippen LogP contribution >= 0.6 is 11.6 Å². The molecule has 1 aromatic rings. The molecule has 0 bridgehead atoms. The van der Waals surface area contributed by atoms with E-state index < -0.39 is 22.1 Å². The van der Waals surface area contributed by atoms with Crippen LogP contribution in [0.1, 0.15) is 12.0 Å². The van der Waals surface area contributed by atoms with Crippen molar-refractivity contribution < 1.29 is 23.4 Å². The number of carboxylic acid groups (broad SMARTS) is 1. The summed E-state index contributed by atoms with van der Waals surface area (Å²) in [7, 11) is -3.77. The zero-order valence-electron chi connectivity index (χ0n) is 10.1. The van der Waals surface area contributed by atoms with Crippen LogP contribution in [-0.4, -0.2) is 37.2 Å². The molecule has 0 amide bonds. The number of carboxylic acids is 1. The van der Waals surface area contributed by atoms with Crippen LogP contribution in [0.15, 0.2) is 23.1 Å². The predicted molar refractivity (Wildman–Crippen MR) is 69.6 cm³/mol. The maximum Gasteiger partial charge on any atom is 0.332 e. The van der Waals surface area contributed by atoms with Crippen molar-refractivity contribution in [3.63, 3.8) is 0 Å². The lowest BCUT2D eigenvalue weighted by Crippen LogP contribution is -2.30. The molecular weight excluding hydrogens is 294 g/mol. The van der Waals surface area contributed by atoms with Crippen molar-refractivity contribution in [3.05, 3.63) is 28.8 Å². The third kappa shape index (κ3) is 4.46. The van der Waals surface area contributed by atoms with Gasteiger partial charge in [-0.25, -0.2) is 17.9 Å². The van der Waals surface area contributed by atoms with Gasteiger partial charge in [-0.1, -0.05) is 17.7 Å². The highest BCUT2D eigenvalue weighted by molar-refractivity contribution is 7.89. The van der Waals surface area contributed by atoms with Gasteiger partial charge in [-0.05, 0) is 31.0 Å². The van der Waals surface area contributed by atoms with E-state index in [1.54, 1.807) is 19.1 Å². The molecule has 1 rings (SSSR count). The normalized spacial score (nSPS) is 13.2. The van der Waals surface area contributed by atoms with Gasteiger partial charge in [-0.2, -0.15) is 0 Å². The first-order valence-corrected chi connectivity index (χ1v) is 7.27. The van der Waals surface area contributed by atoms with Crippen LogP contribution < -0.4 is 4.72 Å². The summed E-state index contributed by atoms with van der Waals surface area (Å²) < 4.78 is 26.1. The van der Waals surface area contributed by atoms with Crippen molar-refractivity contribution in [2.24, 2.45) is 0 Å². The highest BCUT2D eigenvalue weighted by atomic mass is 35.5. The Bertz CT molecular complexity index is 572. The molecule has 0 aliphatic heterocycles. The number of nitrogens with one attached hydrogen (secondary N) is 1. The van der Waals surface area contributed by atoms with Crippen molar-refractivity contribution in [2.45, 2.75) is 24.3 Å². The largest absolute Gasteiger partial charge is 0.479 e. The second-order valence-corrected chi connectivity index (χ2v) is 6.12. The Morgan fingerprint density at radius 2 is 2.11 bits per heavy atom. The summed E-state index contributed by atoms with van der Waals surface area (Å²) in [6, 6.07) is 4.46. The second kappa shape index (κ2) is 6.33. The van der Waals surface area contributed by atoms with Gasteiger partial charge in [0.15, 0.2) is 6.10 Å². The summed E-state index contributed by atoms with van der Waals surface area (Å²) in [5, 5.41) is 17.8. The van der Waals surface area contributed by atoms with E-state index in [0.717, 1.165) is 0 Å². The van der Waals surface area contributed by atoms with E-state index in [2.05, 4.69) is 4.72 Å². The van der Waals surface area contributed by atoms with E-state index in [1.165, 1.54) is 6.07 Å². The molecule has 1 unspecified atom stereocenters. The third-order valence-electron chi connectivity index (χ3n) is 2.43. The number of rotatable bonds is 6. The summed E-state index contributed by atoms with van der Waals surface area (Å²) in [5.74, 6) is -1.39. The third-order valence-corrected chi connectivity index (χ3v) is 4.27. The topological polar surface area (TPSA) is 104 Å². The molecule has 3 N–H and O–H groups in total. The fourth-order valence-corrected chi connectivity index (χ4v) is 2.95. The average molecular weight is 308 g/mol. The molecule has 19 heavy (non-hydrogen) atoms. The maximum absolute atomic E-state index is 12.0. The first kappa shape index (κ1) is 15.9. The quantitative estimate of drug-likeness (QED) is 0.720. The molecule has 0 radical (unpaired) electrons. The maximum atomic E-state index is 12.0. The summed E-state index contributed by atoms with van der Waals surface area (Å²) in [6.45, 7) is 1.44. The molecule has 0 aliphatic carbocycles. The molecule has 0 aromatic heterocycles. The lowest BCUT2D eigenvalue weighted by Gasteiger charge is -2.10. The number of sulfonamides is 1. The summed E-state index contributed by atoms with van der Waals surface area (Å²) >= 11 is 5.74. The number of carbonyl (C=O) groups is 1. The first-order chi connectivity index (χ1) is 8.74. The monoisotopic (exact) mass is 307 g/mol. The van der Waals surface area contributed by atoms with Crippen LogP contribution in [0.5, 0.6) is 0 Å². The van der Waals surface area contributed by atoms with Gasteiger partial charge >= 0.3 is 5.97 Å². The summed E-state index contributed by atoms with van der Waals surface area (Å²) in [5.41, 5.74) is 0.524.